The van der Waals surface area contributed by atoms with E-state index < -0.39 is 0 Å². The first-order chi connectivity index (χ1) is 13.1. The molecule has 0 bridgehead atoms. The number of hydrogen-bond donors (Lipinski definition) is 2. The number of nitrogens with one attached hydrogen (secondary N) is 2. The Morgan fingerprint density at radius 3 is 2.78 bits per heavy atom. The molecule has 0 unspecified atom stereocenters. The van der Waals surface area contributed by atoms with Gasteiger partial charge in [-0.3, -0.25) is 5.10 Å². The Kier molecular flexibility index (Phi) is 4.83. The molecule has 5 heteroatoms. The van der Waals surface area contributed by atoms with Crippen LogP contribution in [0.2, 0.25) is 0 Å². The third-order valence-corrected chi connectivity index (χ3v) is 4.95. The van der Waals surface area contributed by atoms with Crippen LogP contribution in [0.5, 0.6) is 0 Å². The number of rotatable bonds is 2. The minimum absolute atomic E-state index is 0.207. The van der Waals surface area contributed by atoms with Gasteiger partial charge >= 0.3 is 0 Å². The molecule has 0 radical (unpaired) electrons. The zero-order valence-corrected chi connectivity index (χ0v) is 15.5. The number of H-pyrrole nitrogens is 1. The van der Waals surface area contributed by atoms with Gasteiger partial charge in [0.2, 0.25) is 0 Å². The standard InChI is InChI=1S/C22H22FN3O/c1-14-11-18(5-6-20(14)23)24-21-13-19-15(2)25-26-22(19)12-17(21)4-3-16-7-9-27-10-8-16/h5-6,11-13,16,24H,7-10H2,1-2H3,(H,25,26). The van der Waals surface area contributed by atoms with Crippen LogP contribution < -0.4 is 5.32 Å². The van der Waals surface area contributed by atoms with Crippen LogP contribution in [-0.2, 0) is 4.74 Å². The maximum absolute atomic E-state index is 13.6. The number of aryl methyl sites for hydroxylation is 2. The molecular formula is C22H22FN3O. The fourth-order valence-corrected chi connectivity index (χ4v) is 3.29. The van der Waals surface area contributed by atoms with E-state index in [0.29, 0.717) is 11.5 Å². The Labute approximate surface area is 158 Å². The second-order valence-electron chi connectivity index (χ2n) is 7.01. The molecule has 27 heavy (non-hydrogen) atoms. The van der Waals surface area contributed by atoms with E-state index >= 15 is 0 Å². The second kappa shape index (κ2) is 7.42. The number of halogens is 1. The van der Waals surface area contributed by atoms with Gasteiger partial charge in [0.05, 0.1) is 16.8 Å². The summed E-state index contributed by atoms with van der Waals surface area (Å²) >= 11 is 0. The van der Waals surface area contributed by atoms with Gasteiger partial charge in [-0.15, -0.1) is 0 Å². The second-order valence-corrected chi connectivity index (χ2v) is 7.01. The average molecular weight is 363 g/mol. The number of fused-ring (bicyclic) bond motifs is 1. The highest BCUT2D eigenvalue weighted by atomic mass is 19.1. The van der Waals surface area contributed by atoms with Gasteiger partial charge in [0.25, 0.3) is 0 Å². The highest BCUT2D eigenvalue weighted by molar-refractivity contribution is 5.88. The summed E-state index contributed by atoms with van der Waals surface area (Å²) in [4.78, 5) is 0. The van der Waals surface area contributed by atoms with Crippen LogP contribution in [0.3, 0.4) is 0 Å². The van der Waals surface area contributed by atoms with Gasteiger partial charge in [0.15, 0.2) is 0 Å². The van der Waals surface area contributed by atoms with Gasteiger partial charge in [0.1, 0.15) is 5.82 Å². The first-order valence-electron chi connectivity index (χ1n) is 9.21. The van der Waals surface area contributed by atoms with E-state index in [-0.39, 0.29) is 5.82 Å². The molecule has 1 aliphatic rings. The Morgan fingerprint density at radius 1 is 1.19 bits per heavy atom. The number of benzene rings is 2. The zero-order valence-electron chi connectivity index (χ0n) is 15.5. The van der Waals surface area contributed by atoms with Crippen LogP contribution in [0.25, 0.3) is 10.9 Å². The number of hydrogen-bond acceptors (Lipinski definition) is 3. The maximum Gasteiger partial charge on any atom is 0.126 e. The number of aromatic nitrogens is 2. The number of aromatic amines is 1. The summed E-state index contributed by atoms with van der Waals surface area (Å²) in [7, 11) is 0. The smallest absolute Gasteiger partial charge is 0.126 e. The van der Waals surface area contributed by atoms with Crippen LogP contribution in [0.15, 0.2) is 30.3 Å². The highest BCUT2D eigenvalue weighted by Gasteiger charge is 2.12. The topological polar surface area (TPSA) is 49.9 Å². The lowest BCUT2D eigenvalue weighted by Crippen LogP contribution is -2.13. The van der Waals surface area contributed by atoms with Gasteiger partial charge in [0, 0.05) is 35.9 Å². The van der Waals surface area contributed by atoms with Gasteiger partial charge < -0.3 is 10.1 Å². The summed E-state index contributed by atoms with van der Waals surface area (Å²) in [6.45, 7) is 5.30. The lowest BCUT2D eigenvalue weighted by atomic mass is 10.00. The van der Waals surface area contributed by atoms with E-state index in [4.69, 9.17) is 4.74 Å². The molecule has 1 aromatic heterocycles. The van der Waals surface area contributed by atoms with Crippen molar-refractivity contribution in [3.63, 3.8) is 0 Å². The molecule has 1 aliphatic heterocycles. The van der Waals surface area contributed by atoms with Crippen molar-refractivity contribution in [1.82, 2.24) is 10.2 Å². The summed E-state index contributed by atoms with van der Waals surface area (Å²) in [6, 6.07) is 9.08. The molecule has 0 saturated carbocycles. The first kappa shape index (κ1) is 17.6. The normalized spacial score (nSPS) is 14.8. The Morgan fingerprint density at radius 2 is 2.00 bits per heavy atom. The highest BCUT2D eigenvalue weighted by Crippen LogP contribution is 2.28. The first-order valence-corrected chi connectivity index (χ1v) is 9.21. The van der Waals surface area contributed by atoms with Crippen molar-refractivity contribution in [3.8, 4) is 11.8 Å². The van der Waals surface area contributed by atoms with Crippen molar-refractivity contribution in [1.29, 1.82) is 0 Å². The largest absolute Gasteiger partial charge is 0.381 e. The third-order valence-electron chi connectivity index (χ3n) is 4.95. The molecule has 1 fully saturated rings. The van der Waals surface area contributed by atoms with Crippen molar-refractivity contribution in [2.24, 2.45) is 5.92 Å². The Hall–Kier alpha value is -2.84. The molecule has 0 aliphatic carbocycles. The van der Waals surface area contributed by atoms with Crippen LogP contribution in [0.1, 0.15) is 29.7 Å². The average Bonchev–Trinajstić information content (AvgIpc) is 3.04. The molecule has 138 valence electrons. The van der Waals surface area contributed by atoms with E-state index in [2.05, 4.69) is 33.4 Å². The van der Waals surface area contributed by atoms with Crippen LogP contribution >= 0.6 is 0 Å². The van der Waals surface area contributed by atoms with Crippen molar-refractivity contribution < 1.29 is 9.13 Å². The molecule has 0 spiro atoms. The predicted molar refractivity (Wildman–Crippen MR) is 106 cm³/mol. The number of ether oxygens (including phenoxy) is 1. The summed E-state index contributed by atoms with van der Waals surface area (Å²) in [5, 5.41) is 11.8. The quantitative estimate of drug-likeness (QED) is 0.641. The predicted octanol–water partition coefficient (Wildman–Crippen LogP) is 4.84. The Bertz CT molecular complexity index is 1040. The van der Waals surface area contributed by atoms with Gasteiger partial charge in [-0.1, -0.05) is 11.8 Å². The van der Waals surface area contributed by atoms with E-state index in [9.17, 15) is 4.39 Å². The molecule has 2 N–H and O–H groups in total. The molecule has 4 rings (SSSR count). The summed E-state index contributed by atoms with van der Waals surface area (Å²) in [5.41, 5.74) is 5.14. The van der Waals surface area contributed by atoms with E-state index in [1.165, 1.54) is 6.07 Å². The van der Waals surface area contributed by atoms with E-state index in [1.54, 1.807) is 19.1 Å². The Balaban J connectivity index is 1.72. The molecule has 1 saturated heterocycles. The van der Waals surface area contributed by atoms with Crippen molar-refractivity contribution >= 4 is 22.3 Å². The molecule has 3 aromatic rings. The van der Waals surface area contributed by atoms with Crippen LogP contribution in [-0.4, -0.2) is 23.4 Å². The third kappa shape index (κ3) is 3.81. The van der Waals surface area contributed by atoms with Crippen LogP contribution in [0.4, 0.5) is 15.8 Å². The molecule has 4 nitrogen and oxygen atoms in total. The molecule has 2 heterocycles. The lowest BCUT2D eigenvalue weighted by molar-refractivity contribution is 0.0807. The molecule has 2 aromatic carbocycles. The van der Waals surface area contributed by atoms with Gasteiger partial charge in [-0.25, -0.2) is 4.39 Å². The van der Waals surface area contributed by atoms with Crippen molar-refractivity contribution in [3.05, 3.63) is 53.0 Å². The van der Waals surface area contributed by atoms with Crippen LogP contribution in [0, 0.1) is 37.4 Å². The number of anilines is 2. The zero-order chi connectivity index (χ0) is 18.8. The summed E-state index contributed by atoms with van der Waals surface area (Å²) in [5.74, 6) is 6.87. The number of nitrogens with zero attached hydrogens (tertiary/aromatic N) is 1. The molecule has 0 amide bonds. The van der Waals surface area contributed by atoms with E-state index in [0.717, 1.165) is 59.6 Å². The SMILES string of the molecule is Cc1cc(Nc2cc3c(C)[nH]nc3cc2C#CC2CCOCC2)ccc1F. The monoisotopic (exact) mass is 363 g/mol. The van der Waals surface area contributed by atoms with Crippen molar-refractivity contribution in [2.75, 3.05) is 18.5 Å². The van der Waals surface area contributed by atoms with Gasteiger partial charge in [-0.2, -0.15) is 5.10 Å². The van der Waals surface area contributed by atoms with Crippen molar-refractivity contribution in [2.45, 2.75) is 26.7 Å². The lowest BCUT2D eigenvalue weighted by Gasteiger charge is -2.16. The minimum Gasteiger partial charge on any atom is -0.381 e. The molecular weight excluding hydrogens is 341 g/mol. The summed E-state index contributed by atoms with van der Waals surface area (Å²) in [6.07, 6.45) is 1.94. The van der Waals surface area contributed by atoms with E-state index in [1.807, 2.05) is 13.0 Å². The summed E-state index contributed by atoms with van der Waals surface area (Å²) < 4.78 is 19.0. The fourth-order valence-electron chi connectivity index (χ4n) is 3.29. The van der Waals surface area contributed by atoms with Gasteiger partial charge in [-0.05, 0) is 62.6 Å². The molecule has 0 atom stereocenters. The minimum atomic E-state index is -0.207. The maximum atomic E-state index is 13.6. The fraction of sp³-hybridized carbons (Fsp3) is 0.318.